The fourth-order valence-corrected chi connectivity index (χ4v) is 3.26. The van der Waals surface area contributed by atoms with Gasteiger partial charge in [0.05, 0.1) is 10.0 Å². The van der Waals surface area contributed by atoms with Crippen LogP contribution in [0.5, 0.6) is 5.75 Å². The van der Waals surface area contributed by atoms with Gasteiger partial charge in [-0.05, 0) is 54.7 Å². The number of amides is 1. The van der Waals surface area contributed by atoms with E-state index in [4.69, 9.17) is 33.0 Å². The van der Waals surface area contributed by atoms with Crippen LogP contribution in [0.1, 0.15) is 28.8 Å². The number of carbonyl (C=O) groups is 2. The van der Waals surface area contributed by atoms with Gasteiger partial charge in [0.25, 0.3) is 5.91 Å². The van der Waals surface area contributed by atoms with E-state index in [0.29, 0.717) is 17.2 Å². The van der Waals surface area contributed by atoms with Crippen LogP contribution in [0.25, 0.3) is 0 Å². The van der Waals surface area contributed by atoms with Crippen LogP contribution in [0.4, 0.5) is 10.1 Å². The molecule has 2 aromatic rings. The Morgan fingerprint density at radius 1 is 1.14 bits per heavy atom. The number of carbonyl (C=O) groups excluding carboxylic acids is 1. The van der Waals surface area contributed by atoms with E-state index in [-0.39, 0.29) is 33.8 Å². The molecule has 0 bridgehead atoms. The molecule has 2 aromatic carbocycles. The molecule has 0 heterocycles. The average molecular weight is 441 g/mol. The number of carboxylic acids is 1. The van der Waals surface area contributed by atoms with Crippen molar-refractivity contribution in [1.82, 2.24) is 5.32 Å². The summed E-state index contributed by atoms with van der Waals surface area (Å²) in [6.07, 6.45) is 2.39. The lowest BCUT2D eigenvalue weighted by Crippen LogP contribution is -2.29. The molecule has 0 unspecified atom stereocenters. The topological polar surface area (TPSA) is 87.7 Å². The molecule has 0 aromatic heterocycles. The van der Waals surface area contributed by atoms with Crippen LogP contribution < -0.4 is 15.4 Å². The standard InChI is InChI=1S/C20H19Cl2FN2O4/c21-16-5-13(20(28)25-9-18(26)27)6-17(22)19(16)29-10-12-3-14(23)7-15(4-12)24-8-11-1-2-11/h3-7,11,24H,1-2,8-10H2,(H,25,28)(H,26,27). The number of carboxylic acid groups (broad SMARTS) is 1. The minimum absolute atomic E-state index is 0.0276. The molecule has 1 amide bonds. The molecule has 3 rings (SSSR count). The smallest absolute Gasteiger partial charge is 0.322 e. The van der Waals surface area contributed by atoms with E-state index in [9.17, 15) is 14.0 Å². The van der Waals surface area contributed by atoms with Gasteiger partial charge in [-0.1, -0.05) is 23.2 Å². The number of halogens is 3. The number of ether oxygens (including phenoxy) is 1. The predicted molar refractivity (Wildman–Crippen MR) is 108 cm³/mol. The first-order valence-electron chi connectivity index (χ1n) is 8.97. The van der Waals surface area contributed by atoms with Gasteiger partial charge in [0, 0.05) is 17.8 Å². The molecule has 9 heteroatoms. The van der Waals surface area contributed by atoms with E-state index in [1.54, 1.807) is 6.07 Å². The zero-order valence-corrected chi connectivity index (χ0v) is 16.8. The molecule has 154 valence electrons. The first-order valence-corrected chi connectivity index (χ1v) is 9.72. The van der Waals surface area contributed by atoms with Gasteiger partial charge < -0.3 is 20.5 Å². The maximum atomic E-state index is 13.9. The summed E-state index contributed by atoms with van der Waals surface area (Å²) in [5, 5.41) is 14.2. The van der Waals surface area contributed by atoms with Gasteiger partial charge in [0.2, 0.25) is 0 Å². The third-order valence-electron chi connectivity index (χ3n) is 4.29. The maximum Gasteiger partial charge on any atom is 0.322 e. The lowest BCUT2D eigenvalue weighted by atomic mass is 10.2. The van der Waals surface area contributed by atoms with Gasteiger partial charge in [-0.3, -0.25) is 9.59 Å². The lowest BCUT2D eigenvalue weighted by Gasteiger charge is -2.13. The molecule has 1 saturated carbocycles. The number of hydrogen-bond acceptors (Lipinski definition) is 4. The summed E-state index contributed by atoms with van der Waals surface area (Å²) in [6.45, 7) is 0.315. The molecule has 29 heavy (non-hydrogen) atoms. The van der Waals surface area contributed by atoms with E-state index >= 15 is 0 Å². The monoisotopic (exact) mass is 440 g/mol. The summed E-state index contributed by atoms with van der Waals surface area (Å²) < 4.78 is 19.5. The zero-order chi connectivity index (χ0) is 21.0. The van der Waals surface area contributed by atoms with E-state index in [1.165, 1.54) is 37.1 Å². The molecule has 0 atom stereocenters. The van der Waals surface area contributed by atoms with Crippen molar-refractivity contribution in [2.45, 2.75) is 19.4 Å². The van der Waals surface area contributed by atoms with Gasteiger partial charge in [0.1, 0.15) is 19.0 Å². The van der Waals surface area contributed by atoms with Crippen molar-refractivity contribution >= 4 is 40.8 Å². The quantitative estimate of drug-likeness (QED) is 0.539. The van der Waals surface area contributed by atoms with Crippen LogP contribution >= 0.6 is 23.2 Å². The van der Waals surface area contributed by atoms with Crippen LogP contribution in [0, 0.1) is 11.7 Å². The fourth-order valence-electron chi connectivity index (χ4n) is 2.66. The van der Waals surface area contributed by atoms with Crippen molar-refractivity contribution in [1.29, 1.82) is 0 Å². The Morgan fingerprint density at radius 3 is 2.45 bits per heavy atom. The zero-order valence-electron chi connectivity index (χ0n) is 15.3. The normalized spacial score (nSPS) is 13.1. The SMILES string of the molecule is O=C(O)CNC(=O)c1cc(Cl)c(OCc2cc(F)cc(NCC3CC3)c2)c(Cl)c1. The van der Waals surface area contributed by atoms with Crippen LogP contribution in [0.2, 0.25) is 10.0 Å². The summed E-state index contributed by atoms with van der Waals surface area (Å²) >= 11 is 12.3. The molecule has 0 spiro atoms. The first-order chi connectivity index (χ1) is 13.8. The van der Waals surface area contributed by atoms with Crippen molar-refractivity contribution in [2.75, 3.05) is 18.4 Å². The minimum Gasteiger partial charge on any atom is -0.486 e. The van der Waals surface area contributed by atoms with Gasteiger partial charge >= 0.3 is 5.97 Å². The summed E-state index contributed by atoms with van der Waals surface area (Å²) in [7, 11) is 0. The maximum absolute atomic E-state index is 13.9. The number of anilines is 1. The summed E-state index contributed by atoms with van der Waals surface area (Å²) in [6, 6.07) is 7.23. The Hall–Kier alpha value is -2.51. The molecule has 0 aliphatic heterocycles. The second-order valence-corrected chi connectivity index (χ2v) is 7.62. The molecule has 1 aliphatic carbocycles. The van der Waals surface area contributed by atoms with Crippen LogP contribution in [-0.4, -0.2) is 30.1 Å². The Labute approximate surface area is 177 Å². The molecule has 6 nitrogen and oxygen atoms in total. The third kappa shape index (κ3) is 6.24. The van der Waals surface area contributed by atoms with Crippen LogP contribution in [0.15, 0.2) is 30.3 Å². The lowest BCUT2D eigenvalue weighted by molar-refractivity contribution is -0.135. The van der Waals surface area contributed by atoms with Crippen molar-refractivity contribution in [3.63, 3.8) is 0 Å². The van der Waals surface area contributed by atoms with E-state index in [2.05, 4.69) is 10.6 Å². The highest BCUT2D eigenvalue weighted by Gasteiger charge is 2.20. The van der Waals surface area contributed by atoms with E-state index < -0.39 is 18.4 Å². The van der Waals surface area contributed by atoms with Crippen molar-refractivity contribution in [3.05, 3.63) is 57.3 Å². The fraction of sp³-hybridized carbons (Fsp3) is 0.300. The highest BCUT2D eigenvalue weighted by Crippen LogP contribution is 2.35. The van der Waals surface area contributed by atoms with Gasteiger partial charge in [0.15, 0.2) is 5.75 Å². The van der Waals surface area contributed by atoms with Crippen molar-refractivity contribution in [3.8, 4) is 5.75 Å². The first kappa shape index (κ1) is 21.2. The predicted octanol–water partition coefficient (Wildman–Crippen LogP) is 4.35. The molecule has 1 fully saturated rings. The van der Waals surface area contributed by atoms with Crippen molar-refractivity contribution in [2.24, 2.45) is 5.92 Å². The molecule has 0 radical (unpaired) electrons. The highest BCUT2D eigenvalue weighted by molar-refractivity contribution is 6.37. The second kappa shape index (κ2) is 9.33. The van der Waals surface area contributed by atoms with Crippen LogP contribution in [0.3, 0.4) is 0 Å². The third-order valence-corrected chi connectivity index (χ3v) is 4.85. The van der Waals surface area contributed by atoms with E-state index in [0.717, 1.165) is 6.54 Å². The number of aliphatic carboxylic acids is 1. The number of nitrogens with one attached hydrogen (secondary N) is 2. The molecule has 3 N–H and O–H groups in total. The molecule has 0 saturated heterocycles. The molecule has 1 aliphatic rings. The highest BCUT2D eigenvalue weighted by atomic mass is 35.5. The Bertz CT molecular complexity index is 912. The molecular formula is C20H19Cl2FN2O4. The largest absolute Gasteiger partial charge is 0.486 e. The van der Waals surface area contributed by atoms with E-state index in [1.807, 2.05) is 0 Å². The van der Waals surface area contributed by atoms with Crippen LogP contribution in [-0.2, 0) is 11.4 Å². The summed E-state index contributed by atoms with van der Waals surface area (Å²) in [5.41, 5.74) is 1.38. The van der Waals surface area contributed by atoms with Gasteiger partial charge in [-0.25, -0.2) is 4.39 Å². The van der Waals surface area contributed by atoms with Gasteiger partial charge in [-0.15, -0.1) is 0 Å². The summed E-state index contributed by atoms with van der Waals surface area (Å²) in [5.74, 6) is -1.37. The summed E-state index contributed by atoms with van der Waals surface area (Å²) in [4.78, 5) is 22.5. The Morgan fingerprint density at radius 2 is 1.83 bits per heavy atom. The van der Waals surface area contributed by atoms with Gasteiger partial charge in [-0.2, -0.15) is 0 Å². The number of benzene rings is 2. The number of hydrogen-bond donors (Lipinski definition) is 3. The Kier molecular flexibility index (Phi) is 6.82. The minimum atomic E-state index is -1.17. The molecular weight excluding hydrogens is 422 g/mol. The van der Waals surface area contributed by atoms with Crippen molar-refractivity contribution < 1.29 is 23.8 Å². The second-order valence-electron chi connectivity index (χ2n) is 6.81. The number of rotatable bonds is 9. The Balaban J connectivity index is 1.67. The average Bonchev–Trinajstić information content (AvgIpc) is 3.47.